The SMILES string of the molecule is CC1(C)c2ccccc2-c2ccc(C3N=c4ccccc4=NC3c3ccc(N(c4ccccc4)c4ccc(-c5cn6ccccc6n5)cc4)cc3)cc21. The Morgan fingerprint density at radius 2 is 1.11 bits per heavy atom. The summed E-state index contributed by atoms with van der Waals surface area (Å²) in [5.74, 6) is 0. The predicted octanol–water partition coefficient (Wildman–Crippen LogP) is 10.5. The molecule has 0 spiro atoms. The fourth-order valence-electron chi connectivity index (χ4n) is 8.24. The van der Waals surface area contributed by atoms with Crippen LogP contribution in [0, 0.1) is 0 Å². The summed E-state index contributed by atoms with van der Waals surface area (Å²) < 4.78 is 2.06. The minimum absolute atomic E-state index is 0.0886. The van der Waals surface area contributed by atoms with Gasteiger partial charge in [-0.05, 0) is 94.0 Å². The average Bonchev–Trinajstić information content (AvgIpc) is 3.75. The summed E-state index contributed by atoms with van der Waals surface area (Å²) in [6.07, 6.45) is 4.11. The molecule has 0 amide bonds. The van der Waals surface area contributed by atoms with Gasteiger partial charge in [0.15, 0.2) is 0 Å². The van der Waals surface area contributed by atoms with E-state index in [0.717, 1.165) is 50.2 Å². The van der Waals surface area contributed by atoms with Crippen molar-refractivity contribution in [2.75, 3.05) is 4.90 Å². The normalized spacial score (nSPS) is 16.6. The quantitative estimate of drug-likeness (QED) is 0.175. The summed E-state index contributed by atoms with van der Waals surface area (Å²) >= 11 is 0. The van der Waals surface area contributed by atoms with Crippen LogP contribution < -0.4 is 15.6 Å². The molecule has 0 fully saturated rings. The molecule has 2 aliphatic rings. The Bertz CT molecular complexity index is 2730. The molecule has 8 aromatic rings. The van der Waals surface area contributed by atoms with Crippen molar-refractivity contribution in [3.63, 3.8) is 0 Å². The summed E-state index contributed by atoms with van der Waals surface area (Å²) in [4.78, 5) is 17.9. The van der Waals surface area contributed by atoms with Crippen LogP contribution in [0.25, 0.3) is 28.0 Å². The Morgan fingerprint density at radius 1 is 0.528 bits per heavy atom. The zero-order valence-electron chi connectivity index (χ0n) is 29.6. The number of pyridine rings is 1. The number of para-hydroxylation sites is 3. The van der Waals surface area contributed by atoms with Crippen molar-refractivity contribution in [2.24, 2.45) is 9.98 Å². The van der Waals surface area contributed by atoms with Gasteiger partial charge in [0.2, 0.25) is 0 Å². The lowest BCUT2D eigenvalue weighted by molar-refractivity contribution is 0.534. The van der Waals surface area contributed by atoms with Gasteiger partial charge < -0.3 is 9.30 Å². The molecule has 3 heterocycles. The number of aromatic nitrogens is 2. The molecule has 6 aromatic carbocycles. The van der Waals surface area contributed by atoms with Crippen molar-refractivity contribution in [3.05, 3.63) is 209 Å². The number of benzene rings is 6. The van der Waals surface area contributed by atoms with E-state index in [-0.39, 0.29) is 17.5 Å². The van der Waals surface area contributed by atoms with Crippen LogP contribution in [0.1, 0.15) is 48.2 Å². The van der Waals surface area contributed by atoms with Gasteiger partial charge in [0.25, 0.3) is 0 Å². The Morgan fingerprint density at radius 3 is 1.85 bits per heavy atom. The summed E-state index contributed by atoms with van der Waals surface area (Å²) in [6.45, 7) is 4.67. The predicted molar refractivity (Wildman–Crippen MR) is 214 cm³/mol. The molecule has 0 saturated carbocycles. The molecule has 1 aliphatic carbocycles. The number of rotatable bonds is 6. The largest absolute Gasteiger partial charge is 0.311 e. The van der Waals surface area contributed by atoms with E-state index in [0.29, 0.717) is 0 Å². The van der Waals surface area contributed by atoms with Crippen LogP contribution in [-0.2, 0) is 5.41 Å². The highest BCUT2D eigenvalue weighted by molar-refractivity contribution is 5.81. The highest BCUT2D eigenvalue weighted by atomic mass is 15.1. The molecule has 5 heteroatoms. The average molecular weight is 684 g/mol. The molecule has 0 bridgehead atoms. The van der Waals surface area contributed by atoms with E-state index in [4.69, 9.17) is 15.0 Å². The Balaban J connectivity index is 1.02. The first-order valence-corrected chi connectivity index (χ1v) is 18.3. The third-order valence-corrected chi connectivity index (χ3v) is 11.0. The first-order chi connectivity index (χ1) is 26.0. The van der Waals surface area contributed by atoms with Gasteiger partial charge in [-0.25, -0.2) is 4.98 Å². The standard InChI is InChI=1S/C48H37N5/c1-48(2)40-15-7-6-14-38(40)39-28-23-34(30-41(39)48)47-46(50-42-16-8-9-17-43(42)51-47)33-21-26-37(27-22-33)53(35-12-4-3-5-13-35)36-24-19-32(20-25-36)44-31-52-29-11-10-18-45(52)49-44/h3-31,46-47H,1-2H3. The molecule has 2 atom stereocenters. The number of hydrogen-bond acceptors (Lipinski definition) is 4. The minimum Gasteiger partial charge on any atom is -0.311 e. The molecule has 1 aliphatic heterocycles. The topological polar surface area (TPSA) is 45.3 Å². The third kappa shape index (κ3) is 5.27. The summed E-state index contributed by atoms with van der Waals surface area (Å²) in [5.41, 5.74) is 13.8. The van der Waals surface area contributed by atoms with Gasteiger partial charge in [-0.15, -0.1) is 0 Å². The fourth-order valence-corrected chi connectivity index (χ4v) is 8.24. The maximum Gasteiger partial charge on any atom is 0.137 e. The van der Waals surface area contributed by atoms with Crippen molar-refractivity contribution in [3.8, 4) is 22.4 Å². The van der Waals surface area contributed by atoms with Crippen molar-refractivity contribution < 1.29 is 0 Å². The minimum atomic E-state index is -0.168. The van der Waals surface area contributed by atoms with Gasteiger partial charge in [0.1, 0.15) is 17.7 Å². The lowest BCUT2D eigenvalue weighted by atomic mass is 9.81. The molecule has 2 unspecified atom stereocenters. The second-order valence-corrected chi connectivity index (χ2v) is 14.5. The number of nitrogens with zero attached hydrogens (tertiary/aromatic N) is 5. The molecule has 5 nitrogen and oxygen atoms in total. The molecule has 0 radical (unpaired) electrons. The second-order valence-electron chi connectivity index (χ2n) is 14.5. The fraction of sp³-hybridized carbons (Fsp3) is 0.104. The van der Waals surface area contributed by atoms with Crippen LogP contribution in [0.2, 0.25) is 0 Å². The molecule has 10 rings (SSSR count). The van der Waals surface area contributed by atoms with E-state index in [2.05, 4.69) is 169 Å². The van der Waals surface area contributed by atoms with Gasteiger partial charge >= 0.3 is 0 Å². The number of anilines is 3. The summed E-state index contributed by atoms with van der Waals surface area (Å²) in [7, 11) is 0. The maximum absolute atomic E-state index is 5.38. The molecule has 53 heavy (non-hydrogen) atoms. The van der Waals surface area contributed by atoms with Gasteiger partial charge in [-0.2, -0.15) is 0 Å². The van der Waals surface area contributed by atoms with Gasteiger partial charge in [-0.3, -0.25) is 9.98 Å². The van der Waals surface area contributed by atoms with Crippen LogP contribution in [0.5, 0.6) is 0 Å². The van der Waals surface area contributed by atoms with Gasteiger partial charge in [-0.1, -0.05) is 117 Å². The Kier molecular flexibility index (Phi) is 7.22. The smallest absolute Gasteiger partial charge is 0.137 e. The number of imidazole rings is 1. The molecular formula is C48H37N5. The Labute approximate surface area is 308 Å². The summed E-state index contributed by atoms with van der Waals surface area (Å²) in [5, 5.41) is 1.87. The van der Waals surface area contributed by atoms with E-state index in [1.54, 1.807) is 0 Å². The van der Waals surface area contributed by atoms with Crippen LogP contribution in [-0.4, -0.2) is 9.38 Å². The van der Waals surface area contributed by atoms with Crippen LogP contribution in [0.3, 0.4) is 0 Å². The molecule has 2 aromatic heterocycles. The molecular weight excluding hydrogens is 647 g/mol. The van der Waals surface area contributed by atoms with Crippen LogP contribution in [0.4, 0.5) is 17.1 Å². The van der Waals surface area contributed by atoms with Crippen molar-refractivity contribution in [1.29, 1.82) is 0 Å². The zero-order chi connectivity index (χ0) is 35.5. The van der Waals surface area contributed by atoms with E-state index >= 15 is 0 Å². The highest BCUT2D eigenvalue weighted by Gasteiger charge is 2.36. The van der Waals surface area contributed by atoms with E-state index < -0.39 is 0 Å². The van der Waals surface area contributed by atoms with E-state index in [9.17, 15) is 0 Å². The van der Waals surface area contributed by atoms with Gasteiger partial charge in [0, 0.05) is 40.4 Å². The second kappa shape index (κ2) is 12.3. The zero-order valence-corrected chi connectivity index (χ0v) is 29.6. The monoisotopic (exact) mass is 683 g/mol. The number of hydrogen-bond donors (Lipinski definition) is 0. The van der Waals surface area contributed by atoms with Gasteiger partial charge in [0.05, 0.1) is 16.4 Å². The molecule has 254 valence electrons. The highest BCUT2D eigenvalue weighted by Crippen LogP contribution is 2.50. The lowest BCUT2D eigenvalue weighted by Crippen LogP contribution is -2.32. The van der Waals surface area contributed by atoms with Crippen molar-refractivity contribution in [1.82, 2.24) is 9.38 Å². The first-order valence-electron chi connectivity index (χ1n) is 18.3. The van der Waals surface area contributed by atoms with Crippen LogP contribution in [0.15, 0.2) is 186 Å². The Hall–Kier alpha value is -6.59. The maximum atomic E-state index is 5.38. The first kappa shape index (κ1) is 31.2. The van der Waals surface area contributed by atoms with Crippen molar-refractivity contribution in [2.45, 2.75) is 31.3 Å². The van der Waals surface area contributed by atoms with Crippen molar-refractivity contribution >= 4 is 22.7 Å². The molecule has 0 N–H and O–H groups in total. The summed E-state index contributed by atoms with van der Waals surface area (Å²) in [6, 6.07) is 57.8. The lowest BCUT2D eigenvalue weighted by Gasteiger charge is -2.28. The third-order valence-electron chi connectivity index (χ3n) is 11.0. The number of fused-ring (bicyclic) bond motifs is 5. The van der Waals surface area contributed by atoms with E-state index in [1.165, 1.54) is 27.8 Å². The van der Waals surface area contributed by atoms with E-state index in [1.807, 2.05) is 30.5 Å². The molecule has 0 saturated heterocycles. The van der Waals surface area contributed by atoms with Crippen LogP contribution >= 0.6 is 0 Å².